The predicted molar refractivity (Wildman–Crippen MR) is 173 cm³/mol. The van der Waals surface area contributed by atoms with E-state index in [0.717, 1.165) is 0 Å². The number of benzene rings is 8. The van der Waals surface area contributed by atoms with Gasteiger partial charge in [-0.1, -0.05) is 151 Å². The normalized spacial score (nSPS) is 19.2. The fraction of sp³-hybridized carbons (Fsp3) is 0. The highest BCUT2D eigenvalue weighted by atomic mass is 14.2. The molecule has 186 valence electrons. The topological polar surface area (TPSA) is 0 Å². The summed E-state index contributed by atoms with van der Waals surface area (Å²) in [5.74, 6) is 0. The van der Waals surface area contributed by atoms with E-state index in [1.165, 1.54) is 24.3 Å². The van der Waals surface area contributed by atoms with E-state index < -0.39 is 182 Å². The van der Waals surface area contributed by atoms with Crippen molar-refractivity contribution >= 4 is 43.1 Å². The van der Waals surface area contributed by atoms with Crippen molar-refractivity contribution in [3.63, 3.8) is 0 Å². The molecule has 0 spiro atoms. The summed E-state index contributed by atoms with van der Waals surface area (Å²) in [4.78, 5) is 0. The van der Waals surface area contributed by atoms with Crippen LogP contribution in [-0.2, 0) is 0 Å². The van der Waals surface area contributed by atoms with Crippen LogP contribution in [0, 0.1) is 0 Å². The lowest BCUT2D eigenvalue weighted by Crippen LogP contribution is -1.93. The summed E-state index contributed by atoms with van der Waals surface area (Å²) in [5.41, 5.74) is -2.02. The Morgan fingerprint density at radius 3 is 1.57 bits per heavy atom. The Morgan fingerprint density at radius 2 is 0.875 bits per heavy atom. The van der Waals surface area contributed by atoms with E-state index in [-0.39, 0.29) is 27.6 Å². The molecule has 0 nitrogen and oxygen atoms in total. The zero-order valence-corrected chi connectivity index (χ0v) is 20.3. The lowest BCUT2D eigenvalue weighted by atomic mass is 9.83. The van der Waals surface area contributed by atoms with Crippen LogP contribution in [-0.4, -0.2) is 0 Å². The largest absolute Gasteiger partial charge is 0.0636 e. The van der Waals surface area contributed by atoms with Crippen LogP contribution in [0.2, 0.25) is 0 Å². The third-order valence-electron chi connectivity index (χ3n) is 6.65. The van der Waals surface area contributed by atoms with Crippen molar-refractivity contribution in [2.24, 2.45) is 0 Å². The molecule has 0 aromatic heterocycles. The summed E-state index contributed by atoms with van der Waals surface area (Å²) < 4.78 is 195. The summed E-state index contributed by atoms with van der Waals surface area (Å²) in [6.07, 6.45) is 0. The van der Waals surface area contributed by atoms with Crippen molar-refractivity contribution in [1.82, 2.24) is 0 Å². The summed E-state index contributed by atoms with van der Waals surface area (Å²) in [6.45, 7) is 0. The molecule has 40 heavy (non-hydrogen) atoms. The smallest absolute Gasteiger partial charge is 0.0616 e. The third kappa shape index (κ3) is 3.54. The molecule has 0 saturated carbocycles. The molecule has 0 bridgehead atoms. The molecule has 0 N–H and O–H groups in total. The Morgan fingerprint density at radius 1 is 0.350 bits per heavy atom. The van der Waals surface area contributed by atoms with Crippen molar-refractivity contribution in [2.45, 2.75) is 0 Å². The van der Waals surface area contributed by atoms with Crippen molar-refractivity contribution in [1.29, 1.82) is 0 Å². The van der Waals surface area contributed by atoms with E-state index in [1.807, 2.05) is 0 Å². The maximum Gasteiger partial charge on any atom is 0.0636 e. The average molecular weight is 529 g/mol. The number of hydrogen-bond acceptors (Lipinski definition) is 0. The number of fused-ring (bicyclic) bond motifs is 4. The first-order chi connectivity index (χ1) is 29.0. The fourth-order valence-corrected chi connectivity index (χ4v) is 4.98. The maximum absolute atomic E-state index is 9.43. The van der Waals surface area contributed by atoms with E-state index in [0.29, 0.717) is 0 Å². The molecule has 0 aliphatic carbocycles. The monoisotopic (exact) mass is 528 g/mol. The van der Waals surface area contributed by atoms with Crippen LogP contribution in [0.4, 0.5) is 0 Å². The van der Waals surface area contributed by atoms with Crippen LogP contribution < -0.4 is 0 Å². The van der Waals surface area contributed by atoms with E-state index in [9.17, 15) is 8.22 Å². The molecule has 0 aliphatic rings. The van der Waals surface area contributed by atoms with Gasteiger partial charge in [-0.25, -0.2) is 0 Å². The molecule has 0 atom stereocenters. The van der Waals surface area contributed by atoms with Crippen LogP contribution in [0.15, 0.2) is 157 Å². The second-order valence-corrected chi connectivity index (χ2v) is 8.80. The van der Waals surface area contributed by atoms with Crippen molar-refractivity contribution in [3.8, 4) is 33.4 Å². The minimum Gasteiger partial charge on any atom is -0.0616 e. The summed E-state index contributed by atoms with van der Waals surface area (Å²) in [7, 11) is 0. The molecule has 0 fully saturated rings. The molecule has 0 radical (unpaired) electrons. The Bertz CT molecular complexity index is 3340. The highest BCUT2D eigenvalue weighted by Gasteiger charge is 2.19. The van der Waals surface area contributed by atoms with Gasteiger partial charge in [-0.15, -0.1) is 0 Å². The van der Waals surface area contributed by atoms with Crippen LogP contribution in [0.1, 0.15) is 30.2 Å². The predicted octanol–water partition coefficient (Wildman–Crippen LogP) is 11.3. The van der Waals surface area contributed by atoms with Gasteiger partial charge in [0, 0.05) is 0 Å². The van der Waals surface area contributed by atoms with Crippen LogP contribution in [0.3, 0.4) is 0 Å². The van der Waals surface area contributed by atoms with E-state index >= 15 is 0 Å². The molecular weight excluding hydrogens is 480 g/mol. The summed E-state index contributed by atoms with van der Waals surface area (Å²) in [6, 6.07) is -11.3. The van der Waals surface area contributed by atoms with Gasteiger partial charge in [0.2, 0.25) is 0 Å². The van der Waals surface area contributed by atoms with Gasteiger partial charge >= 0.3 is 0 Å². The summed E-state index contributed by atoms with van der Waals surface area (Å²) in [5, 5.41) is -3.70. The Kier molecular flexibility index (Phi) is 2.25. The zero-order chi connectivity index (χ0) is 45.6. The molecule has 8 rings (SSSR count). The third-order valence-corrected chi connectivity index (χ3v) is 6.65. The minimum atomic E-state index is -0.860. The second kappa shape index (κ2) is 9.22. The lowest BCUT2D eigenvalue weighted by Gasteiger charge is -2.20. The summed E-state index contributed by atoms with van der Waals surface area (Å²) >= 11 is 0. The van der Waals surface area contributed by atoms with Crippen LogP contribution in [0.25, 0.3) is 76.5 Å². The quantitative estimate of drug-likeness (QED) is 0.200. The van der Waals surface area contributed by atoms with Gasteiger partial charge in [0.1, 0.15) is 0 Å². The first kappa shape index (κ1) is 9.77. The standard InChI is InChI=1S/C40H26/c1-2-14-29-26-30(25-24-27(29)12-1)39-35-19-7-9-21-37(35)40(38-22-10-8-20-36(38)39)34-18-6-5-17-33(34)32-23-11-15-28-13-3-4-16-31(28)32/h1-26H/i1D,2D,3D,4D,7D,8D,9D,10D,11D,12D,13D,14D,15D,16D,19D,20D,21D,22D,23D,24D,25D,26D. The van der Waals surface area contributed by atoms with Crippen LogP contribution in [0.5, 0.6) is 0 Å². The van der Waals surface area contributed by atoms with Gasteiger partial charge in [-0.05, 0) is 82.5 Å². The highest BCUT2D eigenvalue weighted by Crippen LogP contribution is 2.46. The second-order valence-electron chi connectivity index (χ2n) is 8.80. The maximum atomic E-state index is 9.43. The van der Waals surface area contributed by atoms with Crippen molar-refractivity contribution < 1.29 is 30.2 Å². The van der Waals surface area contributed by atoms with Gasteiger partial charge < -0.3 is 0 Å². The molecule has 8 aromatic carbocycles. The molecule has 0 heteroatoms. The Labute approximate surface area is 264 Å². The average Bonchev–Trinajstić information content (AvgIpc) is 3.25. The molecule has 0 unspecified atom stereocenters. The number of rotatable bonds is 3. The van der Waals surface area contributed by atoms with Gasteiger partial charge in [0.25, 0.3) is 0 Å². The number of hydrogen-bond donors (Lipinski definition) is 0. The molecular formula is C40H26. The minimum absolute atomic E-state index is 0.103. The van der Waals surface area contributed by atoms with Gasteiger partial charge in [-0.3, -0.25) is 0 Å². The van der Waals surface area contributed by atoms with Crippen LogP contribution >= 0.6 is 0 Å². The van der Waals surface area contributed by atoms with Gasteiger partial charge in [0.05, 0.1) is 30.2 Å². The van der Waals surface area contributed by atoms with E-state index in [2.05, 4.69) is 0 Å². The SMILES string of the molecule is [2H]c1c([2H])c([2H])c2c([2H])c(-c3c4c([2H])c([2H])c([2H])c([2H])c4c(-c4ccccc4-c4c([2H])c([2H])c([2H])c5c([2H])c([2H])c([2H])c([2H])c45)c4c([2H])c([2H])c([2H])c([2H])c34)c([2H])c([2H])c2c1[2H]. The molecule has 8 aromatic rings. The molecule has 0 saturated heterocycles. The lowest BCUT2D eigenvalue weighted by molar-refractivity contribution is 1.63. The first-order valence-corrected chi connectivity index (χ1v) is 12.1. The van der Waals surface area contributed by atoms with Crippen molar-refractivity contribution in [2.75, 3.05) is 0 Å². The molecule has 0 amide bonds. The Hall–Kier alpha value is -5.20. The van der Waals surface area contributed by atoms with Gasteiger partial charge in [-0.2, -0.15) is 0 Å². The molecule has 0 heterocycles. The van der Waals surface area contributed by atoms with E-state index in [4.69, 9.17) is 21.9 Å². The zero-order valence-electron chi connectivity index (χ0n) is 42.3. The Balaban J connectivity index is 1.73. The molecule has 0 aliphatic heterocycles. The van der Waals surface area contributed by atoms with Gasteiger partial charge in [0.15, 0.2) is 0 Å². The fourth-order valence-electron chi connectivity index (χ4n) is 4.98. The van der Waals surface area contributed by atoms with Crippen molar-refractivity contribution in [3.05, 3.63) is 157 Å². The first-order valence-electron chi connectivity index (χ1n) is 23.1. The highest BCUT2D eigenvalue weighted by molar-refractivity contribution is 6.23. The van der Waals surface area contributed by atoms with E-state index in [1.54, 1.807) is 0 Å².